The molecule has 2 nitrogen and oxygen atoms in total. The number of hydrogen-bond donors (Lipinski definition) is 0. The van der Waals surface area contributed by atoms with Gasteiger partial charge < -0.3 is 4.18 Å². The van der Waals surface area contributed by atoms with Gasteiger partial charge in [-0.25, -0.2) is 4.79 Å². The molecule has 1 fully saturated rings. The molecule has 0 radical (unpaired) electrons. The fraction of sp³-hybridized carbons (Fsp3) is 0.472. The zero-order valence-corrected chi connectivity index (χ0v) is 30.9. The van der Waals surface area contributed by atoms with Gasteiger partial charge in [0.2, 0.25) is 0 Å². The van der Waals surface area contributed by atoms with Gasteiger partial charge in [0.1, 0.15) is 0 Å². The van der Waals surface area contributed by atoms with Crippen molar-refractivity contribution in [2.45, 2.75) is 118 Å². The highest BCUT2D eigenvalue weighted by Crippen LogP contribution is 2.71. The first-order chi connectivity index (χ1) is 27.9. The molecule has 0 aliphatic heterocycles. The minimum absolute atomic E-state index is 0.0980. The molecule has 62 heavy (non-hydrogen) atoms. The molecule has 0 heterocycles. The second-order valence-corrected chi connectivity index (χ2v) is 16.4. The molecule has 3 aromatic carbocycles. The zero-order chi connectivity index (χ0) is 47.6. The van der Waals surface area contributed by atoms with Crippen molar-refractivity contribution in [1.29, 1.82) is 0 Å². The molecule has 4 rings (SSSR count). The van der Waals surface area contributed by atoms with Gasteiger partial charge in [-0.3, -0.25) is 0 Å². The van der Waals surface area contributed by atoms with Gasteiger partial charge in [-0.1, -0.05) is 67.8 Å². The lowest BCUT2D eigenvalue weighted by Crippen LogP contribution is -2.78. The van der Waals surface area contributed by atoms with E-state index in [0.717, 1.165) is 79.9 Å². The third kappa shape index (κ3) is 7.20. The normalized spacial score (nSPS) is 16.9. The number of rotatable bonds is 15. The molecule has 0 spiro atoms. The third-order valence-electron chi connectivity index (χ3n) is 9.80. The minimum atomic E-state index is -9.56. The van der Waals surface area contributed by atoms with Crippen LogP contribution in [0.1, 0.15) is 43.6 Å². The van der Waals surface area contributed by atoms with E-state index in [1.54, 1.807) is 0 Å². The van der Waals surface area contributed by atoms with Crippen LogP contribution in [0, 0.1) is 0 Å². The standard InChI is InChI=1S/C36H25F23O2S/c37-26(38,27(39,40)28(41,42)29(43,44)30(45,46)31(47,48)32(49,50)33(51,52)34(53,54)35(55,56)36(57,58)59)25(60)61-62(22-12-6-2-7-13-22,23-14-8-3-9-15-23)24-18-16-21(17-19-24)20-10-4-1-5-11-20/h2-3,6-9,12-20H,1,4-5,10-11H2. The van der Waals surface area contributed by atoms with Crippen molar-refractivity contribution in [2.24, 2.45) is 0 Å². The molecule has 0 atom stereocenters. The number of hydrogen-bond acceptors (Lipinski definition) is 2. The molecule has 0 unspecified atom stereocenters. The Bertz CT molecular complexity index is 1990. The predicted molar refractivity (Wildman–Crippen MR) is 169 cm³/mol. The van der Waals surface area contributed by atoms with Crippen LogP contribution in [0.4, 0.5) is 101 Å². The smallest absolute Gasteiger partial charge is 0.397 e. The lowest BCUT2D eigenvalue weighted by Gasteiger charge is -2.45. The maximum absolute atomic E-state index is 15.5. The van der Waals surface area contributed by atoms with Crippen molar-refractivity contribution < 1.29 is 110 Å². The Morgan fingerprint density at radius 3 is 1.05 bits per heavy atom. The van der Waals surface area contributed by atoms with Gasteiger partial charge >= 0.3 is 71.4 Å². The maximum Gasteiger partial charge on any atom is 0.460 e. The highest BCUT2D eigenvalue weighted by atomic mass is 32.3. The van der Waals surface area contributed by atoms with Gasteiger partial charge in [-0.2, -0.15) is 101 Å². The van der Waals surface area contributed by atoms with Crippen LogP contribution in [0.5, 0.6) is 0 Å². The van der Waals surface area contributed by atoms with Crippen LogP contribution in [0.3, 0.4) is 0 Å². The molecule has 348 valence electrons. The summed E-state index contributed by atoms with van der Waals surface area (Å²) in [4.78, 5) is 11.8. The summed E-state index contributed by atoms with van der Waals surface area (Å²) < 4.78 is 329. The van der Waals surface area contributed by atoms with Crippen molar-refractivity contribution in [3.63, 3.8) is 0 Å². The molecule has 0 N–H and O–H groups in total. The number of alkyl halides is 23. The van der Waals surface area contributed by atoms with Crippen LogP contribution in [0.25, 0.3) is 0 Å². The fourth-order valence-electron chi connectivity index (χ4n) is 6.19. The van der Waals surface area contributed by atoms with Gasteiger partial charge in [0.05, 0.1) is 0 Å². The maximum atomic E-state index is 15.5. The second-order valence-electron chi connectivity index (χ2n) is 13.7. The summed E-state index contributed by atoms with van der Waals surface area (Å²) in [5.74, 6) is -94.6. The van der Waals surface area contributed by atoms with Crippen LogP contribution in [-0.4, -0.2) is 71.4 Å². The Morgan fingerprint density at radius 1 is 0.403 bits per heavy atom. The summed E-state index contributed by atoms with van der Waals surface area (Å²) in [6, 6.07) is 15.8. The molecule has 26 heteroatoms. The van der Waals surface area contributed by atoms with E-state index >= 15 is 17.6 Å². The quantitative estimate of drug-likeness (QED) is 0.142. The second kappa shape index (κ2) is 15.8. The molecule has 0 bridgehead atoms. The summed E-state index contributed by atoms with van der Waals surface area (Å²) in [6.45, 7) is 0. The van der Waals surface area contributed by atoms with Crippen molar-refractivity contribution in [2.75, 3.05) is 0 Å². The van der Waals surface area contributed by atoms with Crippen molar-refractivity contribution in [3.8, 4) is 0 Å². The van der Waals surface area contributed by atoms with Crippen LogP contribution in [0.15, 0.2) is 99.6 Å². The lowest BCUT2D eigenvalue weighted by atomic mass is 9.84. The Kier molecular flexibility index (Phi) is 12.9. The van der Waals surface area contributed by atoms with Crippen LogP contribution in [0.2, 0.25) is 0 Å². The van der Waals surface area contributed by atoms with E-state index in [2.05, 4.69) is 0 Å². The summed E-state index contributed by atoms with van der Waals surface area (Å²) in [6.07, 6.45) is -4.45. The molecule has 1 aliphatic rings. The third-order valence-corrected chi connectivity index (χ3v) is 13.0. The van der Waals surface area contributed by atoms with Gasteiger partial charge in [0.15, 0.2) is 0 Å². The Balaban J connectivity index is 1.86. The summed E-state index contributed by atoms with van der Waals surface area (Å²) in [5, 5.41) is 0. The molecular formula is C36H25F23O2S. The molecule has 3 aromatic rings. The summed E-state index contributed by atoms with van der Waals surface area (Å²) in [7, 11) is -4.39. The van der Waals surface area contributed by atoms with Crippen LogP contribution >= 0.6 is 10.3 Å². The van der Waals surface area contributed by atoms with Gasteiger partial charge in [0.25, 0.3) is 0 Å². The van der Waals surface area contributed by atoms with Gasteiger partial charge in [0, 0.05) is 14.7 Å². The van der Waals surface area contributed by atoms with Crippen LogP contribution in [-0.2, 0) is 8.98 Å². The van der Waals surface area contributed by atoms with Gasteiger partial charge in [-0.05, 0) is 71.0 Å². The lowest BCUT2D eigenvalue weighted by molar-refractivity contribution is -0.477. The Hall–Kier alpha value is -4.13. The topological polar surface area (TPSA) is 26.3 Å². The predicted octanol–water partition coefficient (Wildman–Crippen LogP) is 14.4. The Labute approximate surface area is 334 Å². The van der Waals surface area contributed by atoms with E-state index in [1.165, 1.54) is 24.3 Å². The first kappa shape index (κ1) is 50.5. The average Bonchev–Trinajstić information content (AvgIpc) is 3.19. The number of carbonyl (C=O) groups is 1. The monoisotopic (exact) mass is 958 g/mol. The molecule has 1 aliphatic carbocycles. The zero-order valence-electron chi connectivity index (χ0n) is 30.1. The van der Waals surface area contributed by atoms with Crippen molar-refractivity contribution in [3.05, 3.63) is 90.5 Å². The number of benzene rings is 3. The van der Waals surface area contributed by atoms with Crippen LogP contribution < -0.4 is 0 Å². The van der Waals surface area contributed by atoms with E-state index in [0.29, 0.717) is 18.4 Å². The highest BCUT2D eigenvalue weighted by Gasteiger charge is 2.99. The number of carbonyl (C=O) groups excluding carboxylic acids is 1. The van der Waals surface area contributed by atoms with E-state index < -0.39 is 96.4 Å². The van der Waals surface area contributed by atoms with E-state index in [-0.39, 0.29) is 5.92 Å². The molecule has 0 amide bonds. The molecule has 1 saturated carbocycles. The van der Waals surface area contributed by atoms with Gasteiger partial charge in [-0.15, -0.1) is 0 Å². The van der Waals surface area contributed by atoms with E-state index in [4.69, 9.17) is 4.18 Å². The molecular weight excluding hydrogens is 933 g/mol. The number of halogens is 23. The molecule has 0 aromatic heterocycles. The summed E-state index contributed by atoms with van der Waals surface area (Å²) in [5.41, 5.74) is 0.590. The van der Waals surface area contributed by atoms with E-state index in [1.807, 2.05) is 0 Å². The van der Waals surface area contributed by atoms with E-state index in [9.17, 15) is 88.2 Å². The molecule has 0 saturated heterocycles. The summed E-state index contributed by atoms with van der Waals surface area (Å²) >= 11 is 0. The largest absolute Gasteiger partial charge is 0.460 e. The minimum Gasteiger partial charge on any atom is -0.397 e. The fourth-order valence-corrected chi connectivity index (χ4v) is 9.23. The van der Waals surface area contributed by atoms with Crippen molar-refractivity contribution in [1.82, 2.24) is 0 Å². The first-order valence-corrected chi connectivity index (χ1v) is 18.6. The highest BCUT2D eigenvalue weighted by molar-refractivity contribution is 8.30. The Morgan fingerprint density at radius 2 is 0.710 bits per heavy atom. The van der Waals surface area contributed by atoms with Crippen molar-refractivity contribution >= 4 is 16.3 Å². The first-order valence-electron chi connectivity index (χ1n) is 17.0. The average molecular weight is 959 g/mol. The SMILES string of the molecule is O=C(OS(c1ccccc1)(c1ccccc1)c1ccc(C2CCCCC2)cc1)C(F)(F)C(F)(F)C(F)(F)C(F)(F)C(F)(F)C(F)(F)C(F)(F)C(F)(F)C(F)(F)C(F)(F)C(F)(F)F.